The van der Waals surface area contributed by atoms with Gasteiger partial charge < -0.3 is 4.90 Å². The van der Waals surface area contributed by atoms with Gasteiger partial charge in [-0.05, 0) is 65.5 Å². The Balaban J connectivity index is 1.51. The summed E-state index contributed by atoms with van der Waals surface area (Å²) >= 11 is 0. The van der Waals surface area contributed by atoms with Gasteiger partial charge >= 0.3 is 0 Å². The molecule has 1 aliphatic heterocycles. The molecule has 1 saturated heterocycles. The van der Waals surface area contributed by atoms with Crippen LogP contribution < -0.4 is 0 Å². The summed E-state index contributed by atoms with van der Waals surface area (Å²) in [6, 6.07) is 18.9. The van der Waals surface area contributed by atoms with Gasteiger partial charge in [0.25, 0.3) is 5.91 Å². The number of amides is 1. The number of hydrogen-bond donors (Lipinski definition) is 0. The van der Waals surface area contributed by atoms with Gasteiger partial charge in [-0.3, -0.25) is 4.79 Å². The van der Waals surface area contributed by atoms with Gasteiger partial charge in [0.15, 0.2) is 0 Å². The number of benzene rings is 2. The second-order valence-electron chi connectivity index (χ2n) is 10.5. The van der Waals surface area contributed by atoms with E-state index in [1.54, 1.807) is 0 Å². The molecule has 0 spiro atoms. The Morgan fingerprint density at radius 1 is 0.967 bits per heavy atom. The van der Waals surface area contributed by atoms with Crippen molar-refractivity contribution in [2.45, 2.75) is 53.0 Å². The third-order valence-corrected chi connectivity index (χ3v) is 7.06. The van der Waals surface area contributed by atoms with E-state index in [-0.39, 0.29) is 11.3 Å². The molecule has 154 valence electrons. The van der Waals surface area contributed by atoms with E-state index in [1.807, 2.05) is 18.2 Å². The summed E-state index contributed by atoms with van der Waals surface area (Å²) in [6.07, 6.45) is 3.38. The van der Waals surface area contributed by atoms with Crippen LogP contribution in [-0.4, -0.2) is 28.4 Å². The SMILES string of the molecule is Cc1ccc(-c2cccc(C(=O)N3C[C@]4(C)C[C@H]3CC(C)(C)C4)n2)c2ccccc12. The highest BCUT2D eigenvalue weighted by Crippen LogP contribution is 2.52. The minimum Gasteiger partial charge on any atom is -0.334 e. The van der Waals surface area contributed by atoms with Crippen LogP contribution >= 0.6 is 0 Å². The van der Waals surface area contributed by atoms with Crippen molar-refractivity contribution in [2.75, 3.05) is 6.54 Å². The van der Waals surface area contributed by atoms with E-state index in [1.165, 1.54) is 22.8 Å². The molecule has 3 heteroatoms. The summed E-state index contributed by atoms with van der Waals surface area (Å²) in [5, 5.41) is 2.41. The van der Waals surface area contributed by atoms with Crippen LogP contribution in [0.3, 0.4) is 0 Å². The average Bonchev–Trinajstić information content (AvgIpc) is 2.96. The van der Waals surface area contributed by atoms with Crippen molar-refractivity contribution < 1.29 is 4.79 Å². The lowest BCUT2D eigenvalue weighted by molar-refractivity contribution is 0.0702. The summed E-state index contributed by atoms with van der Waals surface area (Å²) < 4.78 is 0. The molecule has 0 unspecified atom stereocenters. The monoisotopic (exact) mass is 398 g/mol. The van der Waals surface area contributed by atoms with Crippen molar-refractivity contribution in [1.29, 1.82) is 0 Å². The van der Waals surface area contributed by atoms with Crippen LogP contribution in [0.5, 0.6) is 0 Å². The standard InChI is InChI=1S/C27H30N2O/c1-18-12-13-22(21-9-6-5-8-20(18)21)23-10-7-11-24(28-23)25(30)29-17-27(4)15-19(29)14-26(2,3)16-27/h5-13,19H,14-17H2,1-4H3/t19-,27-/m1/s1. The first-order valence-corrected chi connectivity index (χ1v) is 11.0. The van der Waals surface area contributed by atoms with Gasteiger partial charge in [0.05, 0.1) is 5.69 Å². The van der Waals surface area contributed by atoms with Crippen molar-refractivity contribution >= 4 is 16.7 Å². The van der Waals surface area contributed by atoms with E-state index in [9.17, 15) is 4.79 Å². The van der Waals surface area contributed by atoms with E-state index in [4.69, 9.17) is 4.98 Å². The molecular formula is C27H30N2O. The molecule has 5 rings (SSSR count). The molecule has 1 saturated carbocycles. The zero-order chi connectivity index (χ0) is 21.1. The first kappa shape index (κ1) is 19.3. The second-order valence-corrected chi connectivity index (χ2v) is 10.5. The predicted molar refractivity (Wildman–Crippen MR) is 122 cm³/mol. The Morgan fingerprint density at radius 3 is 2.53 bits per heavy atom. The Kier molecular flexibility index (Phi) is 4.29. The number of aryl methyl sites for hydroxylation is 1. The Bertz CT molecular complexity index is 1150. The molecule has 2 aromatic carbocycles. The van der Waals surface area contributed by atoms with E-state index in [0.717, 1.165) is 30.6 Å². The fraction of sp³-hybridized carbons (Fsp3) is 0.407. The molecule has 0 radical (unpaired) electrons. The lowest BCUT2D eigenvalue weighted by Gasteiger charge is -2.39. The third kappa shape index (κ3) is 3.21. The van der Waals surface area contributed by atoms with Gasteiger partial charge in [0.2, 0.25) is 0 Å². The van der Waals surface area contributed by atoms with Crippen molar-refractivity contribution in [2.24, 2.45) is 10.8 Å². The maximum absolute atomic E-state index is 13.5. The zero-order valence-corrected chi connectivity index (χ0v) is 18.4. The van der Waals surface area contributed by atoms with Crippen LogP contribution in [-0.2, 0) is 0 Å². The summed E-state index contributed by atoms with van der Waals surface area (Å²) in [5.41, 5.74) is 4.29. The summed E-state index contributed by atoms with van der Waals surface area (Å²) in [6.45, 7) is 10.0. The van der Waals surface area contributed by atoms with Gasteiger partial charge in [-0.25, -0.2) is 4.98 Å². The summed E-state index contributed by atoms with van der Waals surface area (Å²) in [7, 11) is 0. The molecule has 30 heavy (non-hydrogen) atoms. The van der Waals surface area contributed by atoms with Gasteiger partial charge in [0.1, 0.15) is 5.69 Å². The lowest BCUT2D eigenvalue weighted by Crippen LogP contribution is -2.38. The van der Waals surface area contributed by atoms with E-state index in [0.29, 0.717) is 17.2 Å². The van der Waals surface area contributed by atoms with Crippen LogP contribution in [0, 0.1) is 17.8 Å². The number of aromatic nitrogens is 1. The molecule has 3 nitrogen and oxygen atoms in total. The number of hydrogen-bond acceptors (Lipinski definition) is 2. The quantitative estimate of drug-likeness (QED) is 0.511. The highest BCUT2D eigenvalue weighted by atomic mass is 16.2. The van der Waals surface area contributed by atoms with Crippen molar-refractivity contribution in [3.05, 3.63) is 65.9 Å². The molecule has 3 aromatic rings. The van der Waals surface area contributed by atoms with Crippen LogP contribution in [0.15, 0.2) is 54.6 Å². The summed E-state index contributed by atoms with van der Waals surface area (Å²) in [5.74, 6) is 0.0830. The molecular weight excluding hydrogens is 368 g/mol. The predicted octanol–water partition coefficient (Wildman–Crippen LogP) is 6.25. The fourth-order valence-electron chi connectivity index (χ4n) is 6.22. The zero-order valence-electron chi connectivity index (χ0n) is 18.4. The number of fused-ring (bicyclic) bond motifs is 3. The molecule has 1 aliphatic carbocycles. The topological polar surface area (TPSA) is 33.2 Å². The average molecular weight is 399 g/mol. The van der Waals surface area contributed by atoms with Crippen LogP contribution in [0.4, 0.5) is 0 Å². The number of carbonyl (C=O) groups excluding carboxylic acids is 1. The number of rotatable bonds is 2. The number of carbonyl (C=O) groups is 1. The molecule has 2 aliphatic rings. The number of pyridine rings is 1. The third-order valence-electron chi connectivity index (χ3n) is 7.06. The van der Waals surface area contributed by atoms with E-state index >= 15 is 0 Å². The molecule has 2 atom stereocenters. The largest absolute Gasteiger partial charge is 0.334 e. The van der Waals surface area contributed by atoms with E-state index < -0.39 is 0 Å². The van der Waals surface area contributed by atoms with Gasteiger partial charge in [-0.2, -0.15) is 0 Å². The number of likely N-dealkylation sites (tertiary alicyclic amines) is 1. The number of nitrogens with zero attached hydrogens (tertiary/aromatic N) is 2. The molecule has 2 heterocycles. The Hall–Kier alpha value is -2.68. The Morgan fingerprint density at radius 2 is 1.73 bits per heavy atom. The van der Waals surface area contributed by atoms with Crippen molar-refractivity contribution in [1.82, 2.24) is 9.88 Å². The van der Waals surface area contributed by atoms with Crippen molar-refractivity contribution in [3.63, 3.8) is 0 Å². The highest BCUT2D eigenvalue weighted by molar-refractivity contribution is 5.99. The minimum atomic E-state index is 0.0830. The first-order valence-electron chi connectivity index (χ1n) is 11.0. The summed E-state index contributed by atoms with van der Waals surface area (Å²) in [4.78, 5) is 20.5. The smallest absolute Gasteiger partial charge is 0.272 e. The van der Waals surface area contributed by atoms with Crippen LogP contribution in [0.2, 0.25) is 0 Å². The lowest BCUT2D eigenvalue weighted by atomic mass is 9.65. The normalized spacial score (nSPS) is 24.9. The van der Waals surface area contributed by atoms with Gasteiger partial charge in [-0.15, -0.1) is 0 Å². The van der Waals surface area contributed by atoms with Crippen LogP contribution in [0.25, 0.3) is 22.0 Å². The highest BCUT2D eigenvalue weighted by Gasteiger charge is 2.51. The molecule has 1 amide bonds. The van der Waals surface area contributed by atoms with Gasteiger partial charge in [0, 0.05) is 18.2 Å². The molecule has 2 bridgehead atoms. The molecule has 1 aromatic heterocycles. The minimum absolute atomic E-state index is 0.0830. The maximum Gasteiger partial charge on any atom is 0.272 e. The van der Waals surface area contributed by atoms with Gasteiger partial charge in [-0.1, -0.05) is 63.2 Å². The van der Waals surface area contributed by atoms with Crippen LogP contribution in [0.1, 0.15) is 56.1 Å². The van der Waals surface area contributed by atoms with Crippen molar-refractivity contribution in [3.8, 4) is 11.3 Å². The van der Waals surface area contributed by atoms with E-state index in [2.05, 4.69) is 69.0 Å². The second kappa shape index (κ2) is 6.66. The maximum atomic E-state index is 13.5. The first-order chi connectivity index (χ1) is 14.2. The fourth-order valence-corrected chi connectivity index (χ4v) is 6.22. The molecule has 2 fully saturated rings. The Labute approximate surface area is 179 Å². The molecule has 0 N–H and O–H groups in total.